The zero-order valence-electron chi connectivity index (χ0n) is 13.3. The highest BCUT2D eigenvalue weighted by Crippen LogP contribution is 2.39. The maximum atomic E-state index is 12.2. The molecule has 1 aromatic carbocycles. The number of furan rings is 1. The summed E-state index contributed by atoms with van der Waals surface area (Å²) in [5.74, 6) is 3.12. The van der Waals surface area contributed by atoms with E-state index in [0.29, 0.717) is 29.7 Å². The van der Waals surface area contributed by atoms with Gasteiger partial charge in [0.1, 0.15) is 11.5 Å². The number of amides is 1. The van der Waals surface area contributed by atoms with Gasteiger partial charge in [-0.1, -0.05) is 17.3 Å². The Bertz CT molecular complexity index is 860. The minimum atomic E-state index is -0.151. The average Bonchev–Trinajstić information content (AvgIpc) is 3.18. The van der Waals surface area contributed by atoms with Gasteiger partial charge in [-0.3, -0.25) is 4.79 Å². The second-order valence-corrected chi connectivity index (χ2v) is 6.00. The number of aryl methyl sites for hydroxylation is 1. The molecule has 1 fully saturated rings. The largest absolute Gasteiger partial charge is 0.465 e. The van der Waals surface area contributed by atoms with Crippen molar-refractivity contribution in [3.8, 4) is 11.4 Å². The van der Waals surface area contributed by atoms with Crippen molar-refractivity contribution < 1.29 is 13.7 Å². The zero-order valence-corrected chi connectivity index (χ0v) is 13.3. The van der Waals surface area contributed by atoms with Crippen molar-refractivity contribution in [3.05, 3.63) is 59.4 Å². The van der Waals surface area contributed by atoms with E-state index in [1.54, 1.807) is 12.1 Å². The molecule has 0 bridgehead atoms. The molecule has 1 aliphatic rings. The third-order valence-electron chi connectivity index (χ3n) is 3.99. The molecule has 0 spiro atoms. The van der Waals surface area contributed by atoms with Crippen molar-refractivity contribution in [3.63, 3.8) is 0 Å². The molecule has 0 saturated heterocycles. The first-order valence-corrected chi connectivity index (χ1v) is 7.96. The highest BCUT2D eigenvalue weighted by Gasteiger charge is 2.29. The van der Waals surface area contributed by atoms with Crippen LogP contribution in [0.15, 0.2) is 45.3 Å². The van der Waals surface area contributed by atoms with E-state index in [9.17, 15) is 4.79 Å². The van der Waals surface area contributed by atoms with Gasteiger partial charge in [-0.25, -0.2) is 0 Å². The number of hydrogen-bond donors (Lipinski definition) is 1. The van der Waals surface area contributed by atoms with Gasteiger partial charge in [0.2, 0.25) is 11.7 Å². The van der Waals surface area contributed by atoms with Crippen molar-refractivity contribution in [2.75, 3.05) is 0 Å². The molecule has 0 aliphatic heterocycles. The minimum Gasteiger partial charge on any atom is -0.465 e. The van der Waals surface area contributed by atoms with Crippen molar-refractivity contribution in [2.24, 2.45) is 0 Å². The van der Waals surface area contributed by atoms with Crippen LogP contribution in [0.4, 0.5) is 0 Å². The van der Waals surface area contributed by atoms with Crippen LogP contribution in [0, 0.1) is 6.92 Å². The fraction of sp³-hybridized carbons (Fsp3) is 0.278. The Kier molecular flexibility index (Phi) is 3.65. The Morgan fingerprint density at radius 1 is 1.21 bits per heavy atom. The van der Waals surface area contributed by atoms with E-state index < -0.39 is 0 Å². The summed E-state index contributed by atoms with van der Waals surface area (Å²) in [6.07, 6.45) is 2.24. The molecule has 3 aromatic rings. The molecule has 2 heterocycles. The molecule has 1 aliphatic carbocycles. The molecule has 6 nitrogen and oxygen atoms in total. The van der Waals surface area contributed by atoms with Gasteiger partial charge in [-0.15, -0.1) is 0 Å². The van der Waals surface area contributed by atoms with E-state index in [2.05, 4.69) is 15.5 Å². The van der Waals surface area contributed by atoms with Crippen LogP contribution in [0.1, 0.15) is 46.5 Å². The van der Waals surface area contributed by atoms with E-state index in [1.165, 1.54) is 0 Å². The molecule has 0 radical (unpaired) electrons. The third kappa shape index (κ3) is 3.08. The lowest BCUT2D eigenvalue weighted by atomic mass is 10.1. The van der Waals surface area contributed by atoms with Gasteiger partial charge >= 0.3 is 0 Å². The maximum absolute atomic E-state index is 12.2. The Morgan fingerprint density at radius 2 is 2.00 bits per heavy atom. The second-order valence-electron chi connectivity index (χ2n) is 6.00. The van der Waals surface area contributed by atoms with E-state index in [0.717, 1.165) is 29.9 Å². The summed E-state index contributed by atoms with van der Waals surface area (Å²) in [5.41, 5.74) is 1.41. The molecular formula is C18H17N3O3. The summed E-state index contributed by atoms with van der Waals surface area (Å²) >= 11 is 0. The Morgan fingerprint density at radius 3 is 2.67 bits per heavy atom. The van der Waals surface area contributed by atoms with Crippen LogP contribution in [-0.2, 0) is 6.54 Å². The first-order valence-electron chi connectivity index (χ1n) is 7.96. The number of nitrogens with zero attached hydrogens (tertiary/aromatic N) is 2. The number of carbonyl (C=O) groups excluding carboxylic acids is 1. The smallest absolute Gasteiger partial charge is 0.251 e. The molecule has 2 aromatic heterocycles. The molecule has 0 unspecified atom stereocenters. The minimum absolute atomic E-state index is 0.151. The van der Waals surface area contributed by atoms with E-state index in [4.69, 9.17) is 8.94 Å². The van der Waals surface area contributed by atoms with Gasteiger partial charge in [0, 0.05) is 17.0 Å². The van der Waals surface area contributed by atoms with Gasteiger partial charge in [0.05, 0.1) is 6.54 Å². The lowest BCUT2D eigenvalue weighted by Gasteiger charge is -2.04. The highest BCUT2D eigenvalue weighted by atomic mass is 16.5. The number of nitrogens with one attached hydrogen (secondary N) is 1. The molecule has 6 heteroatoms. The molecule has 1 N–H and O–H groups in total. The number of aromatic nitrogens is 2. The predicted molar refractivity (Wildman–Crippen MR) is 86.3 cm³/mol. The average molecular weight is 323 g/mol. The quantitative estimate of drug-likeness (QED) is 0.778. The van der Waals surface area contributed by atoms with Gasteiger partial charge in [0.15, 0.2) is 0 Å². The third-order valence-corrected chi connectivity index (χ3v) is 3.99. The summed E-state index contributed by atoms with van der Waals surface area (Å²) in [6, 6.07) is 10.9. The van der Waals surface area contributed by atoms with Crippen LogP contribution in [0.5, 0.6) is 0 Å². The maximum Gasteiger partial charge on any atom is 0.251 e. The van der Waals surface area contributed by atoms with Crippen molar-refractivity contribution in [1.29, 1.82) is 0 Å². The first kappa shape index (κ1) is 14.7. The second kappa shape index (κ2) is 5.96. The lowest BCUT2D eigenvalue weighted by molar-refractivity contribution is 0.0948. The molecule has 1 amide bonds. The van der Waals surface area contributed by atoms with Gasteiger partial charge in [-0.2, -0.15) is 4.98 Å². The van der Waals surface area contributed by atoms with Crippen LogP contribution in [0.2, 0.25) is 0 Å². The predicted octanol–water partition coefficient (Wildman–Crippen LogP) is 3.45. The summed E-state index contributed by atoms with van der Waals surface area (Å²) < 4.78 is 10.7. The summed E-state index contributed by atoms with van der Waals surface area (Å²) in [4.78, 5) is 16.6. The molecule has 1 saturated carbocycles. The fourth-order valence-corrected chi connectivity index (χ4v) is 2.47. The number of rotatable bonds is 5. The van der Waals surface area contributed by atoms with Crippen LogP contribution in [0.25, 0.3) is 11.4 Å². The van der Waals surface area contributed by atoms with Crippen molar-refractivity contribution in [2.45, 2.75) is 32.2 Å². The summed E-state index contributed by atoms with van der Waals surface area (Å²) in [7, 11) is 0. The lowest BCUT2D eigenvalue weighted by Crippen LogP contribution is -2.22. The molecule has 122 valence electrons. The first-order chi connectivity index (χ1) is 11.7. The Balaban J connectivity index is 1.41. The summed E-state index contributed by atoms with van der Waals surface area (Å²) in [6.45, 7) is 2.24. The van der Waals surface area contributed by atoms with Crippen LogP contribution in [-0.4, -0.2) is 16.0 Å². The molecule has 4 rings (SSSR count). The van der Waals surface area contributed by atoms with Gasteiger partial charge in [-0.05, 0) is 44.0 Å². The van der Waals surface area contributed by atoms with Gasteiger partial charge < -0.3 is 14.3 Å². The Labute approximate surface area is 138 Å². The van der Waals surface area contributed by atoms with Crippen LogP contribution < -0.4 is 5.32 Å². The zero-order chi connectivity index (χ0) is 16.5. The SMILES string of the molecule is Cc1ccc(CNC(=O)c2ccc(-c3noc(C4CC4)n3)cc2)o1. The van der Waals surface area contributed by atoms with E-state index in [1.807, 2.05) is 31.2 Å². The topological polar surface area (TPSA) is 81.2 Å². The Hall–Kier alpha value is -2.89. The standard InChI is InChI=1S/C18H17N3O3/c1-11-2-9-15(23-11)10-19-17(22)13-5-3-12(4-6-13)16-20-18(24-21-16)14-7-8-14/h2-6,9,14H,7-8,10H2,1H3,(H,19,22). The van der Waals surface area contributed by atoms with Crippen molar-refractivity contribution >= 4 is 5.91 Å². The van der Waals surface area contributed by atoms with E-state index in [-0.39, 0.29) is 5.91 Å². The van der Waals surface area contributed by atoms with Crippen molar-refractivity contribution in [1.82, 2.24) is 15.5 Å². The normalized spacial score (nSPS) is 13.9. The van der Waals surface area contributed by atoms with E-state index >= 15 is 0 Å². The number of benzene rings is 1. The van der Waals surface area contributed by atoms with Crippen LogP contribution in [0.3, 0.4) is 0 Å². The monoisotopic (exact) mass is 323 g/mol. The fourth-order valence-electron chi connectivity index (χ4n) is 2.47. The molecular weight excluding hydrogens is 306 g/mol. The summed E-state index contributed by atoms with van der Waals surface area (Å²) in [5, 5.41) is 6.83. The van der Waals surface area contributed by atoms with Crippen LogP contribution >= 0.6 is 0 Å². The number of carbonyl (C=O) groups is 1. The molecule has 0 atom stereocenters. The highest BCUT2D eigenvalue weighted by molar-refractivity contribution is 5.94. The number of hydrogen-bond acceptors (Lipinski definition) is 5. The van der Waals surface area contributed by atoms with Gasteiger partial charge in [0.25, 0.3) is 5.91 Å². The molecule has 24 heavy (non-hydrogen) atoms.